The molecule has 0 saturated carbocycles. The lowest BCUT2D eigenvalue weighted by Gasteiger charge is -2.17. The summed E-state index contributed by atoms with van der Waals surface area (Å²) in [4.78, 5) is 38.3. The van der Waals surface area contributed by atoms with E-state index < -0.39 is 0 Å². The minimum atomic E-state index is 0.174. The Morgan fingerprint density at radius 3 is 0.929 bits per heavy atom. The van der Waals surface area contributed by atoms with Crippen LogP contribution in [0.2, 0.25) is 0 Å². The number of hydrogen-bond donors (Lipinski definition) is 2. The van der Waals surface area contributed by atoms with Crippen LogP contribution in [0.5, 0.6) is 0 Å². The molecule has 0 saturated heterocycles. The van der Waals surface area contributed by atoms with E-state index in [2.05, 4.69) is 24.5 Å². The fourth-order valence-corrected chi connectivity index (χ4v) is 7.82. The number of unbranched alkanes of at least 4 members (excludes halogenated alkanes) is 34. The van der Waals surface area contributed by atoms with E-state index in [0.29, 0.717) is 25.8 Å². The molecule has 0 heterocycles. The molecule has 3 amide bonds. The Bertz CT molecular complexity index is 834. The molecule has 0 fully saturated rings. The van der Waals surface area contributed by atoms with Crippen molar-refractivity contribution in [3.8, 4) is 0 Å². The second-order valence-corrected chi connectivity index (χ2v) is 17.5. The van der Waals surface area contributed by atoms with Crippen LogP contribution in [0, 0.1) is 0 Å². The van der Waals surface area contributed by atoms with Crippen molar-refractivity contribution in [2.24, 2.45) is 0 Å². The first-order valence-electron chi connectivity index (χ1n) is 25.3. The Kier molecular flexibility index (Phi) is 44.8. The zero-order valence-electron chi connectivity index (χ0n) is 38.3. The molecule has 0 aromatic carbocycles. The summed E-state index contributed by atoms with van der Waals surface area (Å²) in [6.07, 6.45) is 51.1. The predicted molar refractivity (Wildman–Crippen MR) is 244 cm³/mol. The predicted octanol–water partition coefficient (Wildman–Crippen LogP) is 14.7. The van der Waals surface area contributed by atoms with E-state index in [9.17, 15) is 14.4 Å². The van der Waals surface area contributed by atoms with Gasteiger partial charge in [-0.2, -0.15) is 0 Å². The molecular formula is C50H99N3O3. The van der Waals surface area contributed by atoms with E-state index in [1.807, 2.05) is 11.9 Å². The lowest BCUT2D eigenvalue weighted by Crippen LogP contribution is -2.28. The maximum absolute atomic E-state index is 12.5. The molecule has 0 rings (SSSR count). The van der Waals surface area contributed by atoms with E-state index in [-0.39, 0.29) is 17.7 Å². The van der Waals surface area contributed by atoms with Gasteiger partial charge in [-0.25, -0.2) is 0 Å². The number of amides is 3. The van der Waals surface area contributed by atoms with Gasteiger partial charge in [0.25, 0.3) is 0 Å². The molecule has 6 nitrogen and oxygen atoms in total. The van der Waals surface area contributed by atoms with Gasteiger partial charge in [0.2, 0.25) is 17.7 Å². The van der Waals surface area contributed by atoms with Crippen molar-refractivity contribution < 1.29 is 14.4 Å². The summed E-state index contributed by atoms with van der Waals surface area (Å²) in [5, 5.41) is 6.07. The third-order valence-corrected chi connectivity index (χ3v) is 11.8. The highest BCUT2D eigenvalue weighted by molar-refractivity contribution is 5.76. The smallest absolute Gasteiger partial charge is 0.222 e. The SMILES string of the molecule is CCCCCCCCCCCCCCCCCCN(C)C(=O)CCCCNC(=O)CCCCCCCCCCCCCCCCCCCCC(=O)NCCCC. The average molecular weight is 790 g/mol. The van der Waals surface area contributed by atoms with Crippen molar-refractivity contribution >= 4 is 17.7 Å². The van der Waals surface area contributed by atoms with E-state index in [1.54, 1.807) is 0 Å². The van der Waals surface area contributed by atoms with E-state index in [1.165, 1.54) is 193 Å². The van der Waals surface area contributed by atoms with Crippen LogP contribution in [0.25, 0.3) is 0 Å². The van der Waals surface area contributed by atoms with Crippen molar-refractivity contribution in [3.63, 3.8) is 0 Å². The first-order chi connectivity index (χ1) is 27.5. The Morgan fingerprint density at radius 1 is 0.321 bits per heavy atom. The van der Waals surface area contributed by atoms with E-state index in [0.717, 1.165) is 64.5 Å². The zero-order valence-corrected chi connectivity index (χ0v) is 38.3. The van der Waals surface area contributed by atoms with Crippen LogP contribution in [0.3, 0.4) is 0 Å². The number of carbonyl (C=O) groups is 3. The monoisotopic (exact) mass is 790 g/mol. The molecule has 0 bridgehead atoms. The molecule has 0 aliphatic carbocycles. The van der Waals surface area contributed by atoms with Crippen molar-refractivity contribution in [2.45, 2.75) is 277 Å². The summed E-state index contributed by atoms with van der Waals surface area (Å²) in [6.45, 7) is 6.85. The first kappa shape index (κ1) is 54.4. The van der Waals surface area contributed by atoms with Crippen molar-refractivity contribution in [1.29, 1.82) is 0 Å². The van der Waals surface area contributed by atoms with Gasteiger partial charge >= 0.3 is 0 Å². The van der Waals surface area contributed by atoms with Crippen LogP contribution >= 0.6 is 0 Å². The van der Waals surface area contributed by atoms with Gasteiger partial charge in [0.1, 0.15) is 0 Å². The van der Waals surface area contributed by atoms with Gasteiger partial charge in [-0.15, -0.1) is 0 Å². The molecular weight excluding hydrogens is 691 g/mol. The highest BCUT2D eigenvalue weighted by Gasteiger charge is 2.08. The summed E-state index contributed by atoms with van der Waals surface area (Å²) >= 11 is 0. The highest BCUT2D eigenvalue weighted by Crippen LogP contribution is 2.16. The van der Waals surface area contributed by atoms with Crippen LogP contribution < -0.4 is 10.6 Å². The molecule has 2 N–H and O–H groups in total. The molecule has 332 valence electrons. The molecule has 0 aliphatic heterocycles. The fraction of sp³-hybridized carbons (Fsp3) is 0.940. The van der Waals surface area contributed by atoms with Crippen LogP contribution in [-0.4, -0.2) is 49.3 Å². The lowest BCUT2D eigenvalue weighted by atomic mass is 10.0. The number of carbonyl (C=O) groups excluding carboxylic acids is 3. The molecule has 6 heteroatoms. The maximum Gasteiger partial charge on any atom is 0.222 e. The molecule has 0 atom stereocenters. The van der Waals surface area contributed by atoms with Crippen LogP contribution in [0.15, 0.2) is 0 Å². The maximum atomic E-state index is 12.5. The van der Waals surface area contributed by atoms with Crippen molar-refractivity contribution in [1.82, 2.24) is 15.5 Å². The van der Waals surface area contributed by atoms with Gasteiger partial charge in [-0.05, 0) is 38.5 Å². The van der Waals surface area contributed by atoms with E-state index >= 15 is 0 Å². The number of rotatable bonds is 46. The molecule has 56 heavy (non-hydrogen) atoms. The molecule has 0 spiro atoms. The topological polar surface area (TPSA) is 78.5 Å². The second kappa shape index (κ2) is 46.1. The Labute approximate surface area is 350 Å². The minimum Gasteiger partial charge on any atom is -0.356 e. The van der Waals surface area contributed by atoms with Crippen LogP contribution in [0.1, 0.15) is 277 Å². The summed E-state index contributed by atoms with van der Waals surface area (Å²) in [5.74, 6) is 0.658. The molecule has 0 radical (unpaired) electrons. The Hall–Kier alpha value is -1.59. The molecule has 0 aromatic heterocycles. The van der Waals surface area contributed by atoms with Gasteiger partial charge in [-0.1, -0.05) is 219 Å². The Balaban J connectivity index is 3.34. The third-order valence-electron chi connectivity index (χ3n) is 11.8. The van der Waals surface area contributed by atoms with Gasteiger partial charge in [-0.3, -0.25) is 14.4 Å². The van der Waals surface area contributed by atoms with Crippen molar-refractivity contribution in [3.05, 3.63) is 0 Å². The normalized spacial score (nSPS) is 11.3. The molecule has 0 unspecified atom stereocenters. The fourth-order valence-electron chi connectivity index (χ4n) is 7.82. The van der Waals surface area contributed by atoms with Gasteiger partial charge in [0.05, 0.1) is 0 Å². The van der Waals surface area contributed by atoms with Gasteiger partial charge < -0.3 is 15.5 Å². The molecule has 0 aliphatic rings. The highest BCUT2D eigenvalue weighted by atomic mass is 16.2. The van der Waals surface area contributed by atoms with Crippen LogP contribution in [-0.2, 0) is 14.4 Å². The summed E-state index contributed by atoms with van der Waals surface area (Å²) < 4.78 is 0. The number of nitrogens with one attached hydrogen (secondary N) is 2. The number of nitrogens with zero attached hydrogens (tertiary/aromatic N) is 1. The summed E-state index contributed by atoms with van der Waals surface area (Å²) in [6, 6.07) is 0. The summed E-state index contributed by atoms with van der Waals surface area (Å²) in [5.41, 5.74) is 0. The standard InChI is InChI=1S/C50H99N3O3/c1-4-6-8-9-10-11-12-13-14-21-24-27-30-33-36-41-47-53(3)50(56)44-39-40-46-52-49(55)43-38-35-32-29-26-23-20-18-16-15-17-19-22-25-28-31-34-37-42-48(54)51-45-7-5-2/h4-47H2,1-3H3,(H,51,54)(H,52,55). The second-order valence-electron chi connectivity index (χ2n) is 17.5. The average Bonchev–Trinajstić information content (AvgIpc) is 3.19. The lowest BCUT2D eigenvalue weighted by molar-refractivity contribution is -0.130. The summed E-state index contributed by atoms with van der Waals surface area (Å²) in [7, 11) is 1.95. The molecule has 0 aromatic rings. The van der Waals surface area contributed by atoms with Crippen LogP contribution in [0.4, 0.5) is 0 Å². The first-order valence-corrected chi connectivity index (χ1v) is 25.3. The largest absolute Gasteiger partial charge is 0.356 e. The van der Waals surface area contributed by atoms with E-state index in [4.69, 9.17) is 0 Å². The van der Waals surface area contributed by atoms with Gasteiger partial charge in [0, 0.05) is 45.9 Å². The number of hydrogen-bond acceptors (Lipinski definition) is 3. The third kappa shape index (κ3) is 43.5. The quantitative estimate of drug-likeness (QED) is 0.0603. The minimum absolute atomic E-state index is 0.174. The Morgan fingerprint density at radius 2 is 0.589 bits per heavy atom. The zero-order chi connectivity index (χ0) is 40.8. The van der Waals surface area contributed by atoms with Gasteiger partial charge in [0.15, 0.2) is 0 Å². The van der Waals surface area contributed by atoms with Crippen molar-refractivity contribution in [2.75, 3.05) is 26.7 Å².